The van der Waals surface area contributed by atoms with E-state index in [1.807, 2.05) is 42.5 Å². The van der Waals surface area contributed by atoms with Crippen molar-refractivity contribution in [2.45, 2.75) is 6.85 Å². The summed E-state index contributed by atoms with van der Waals surface area (Å²) in [5.41, 5.74) is 2.90. The minimum absolute atomic E-state index is 0.322. The zero-order valence-corrected chi connectivity index (χ0v) is 9.22. The van der Waals surface area contributed by atoms with Crippen LogP contribution in [0, 0.1) is 6.85 Å². The van der Waals surface area contributed by atoms with E-state index in [4.69, 9.17) is 4.11 Å². The molecule has 0 aliphatic heterocycles. The largest absolute Gasteiger partial charge is 0.248 e. The van der Waals surface area contributed by atoms with Crippen molar-refractivity contribution in [1.29, 1.82) is 0 Å². The second-order valence-electron chi connectivity index (χ2n) is 3.97. The zero-order chi connectivity index (χ0) is 14.2. The van der Waals surface area contributed by atoms with Crippen LogP contribution >= 0.6 is 0 Å². The van der Waals surface area contributed by atoms with Gasteiger partial charge in [-0.15, -0.1) is 0 Å². The van der Waals surface area contributed by atoms with E-state index in [-0.39, 0.29) is 0 Å². The molecule has 0 amide bonds. The van der Waals surface area contributed by atoms with Crippen LogP contribution in [0.4, 0.5) is 0 Å². The molecule has 1 heterocycles. The molecular weight excluding hydrogens is 206 g/mol. The Morgan fingerprint density at radius 1 is 0.941 bits per heavy atom. The average Bonchev–Trinajstić information content (AvgIpc) is 2.46. The lowest BCUT2D eigenvalue weighted by Crippen LogP contribution is -1.85. The van der Waals surface area contributed by atoms with Crippen molar-refractivity contribution < 1.29 is 4.11 Å². The molecule has 0 unspecified atom stereocenters. The second-order valence-corrected chi connectivity index (χ2v) is 3.97. The molecule has 0 saturated carbocycles. The Kier molecular flexibility index (Phi) is 1.71. The molecule has 3 aromatic rings. The van der Waals surface area contributed by atoms with E-state index in [1.165, 1.54) is 0 Å². The minimum atomic E-state index is -2.10. The van der Waals surface area contributed by atoms with Crippen molar-refractivity contribution >= 4 is 10.9 Å². The van der Waals surface area contributed by atoms with Crippen LogP contribution in [-0.2, 0) is 0 Å². The van der Waals surface area contributed by atoms with E-state index in [0.29, 0.717) is 11.1 Å². The maximum Gasteiger partial charge on any atom is 0.0712 e. The quantitative estimate of drug-likeness (QED) is 0.601. The van der Waals surface area contributed by atoms with Crippen LogP contribution < -0.4 is 0 Å². The van der Waals surface area contributed by atoms with Gasteiger partial charge in [0.05, 0.1) is 11.2 Å². The third-order valence-corrected chi connectivity index (χ3v) is 2.76. The fourth-order valence-corrected chi connectivity index (χ4v) is 1.89. The van der Waals surface area contributed by atoms with E-state index < -0.39 is 6.85 Å². The maximum absolute atomic E-state index is 7.47. The van der Waals surface area contributed by atoms with Gasteiger partial charge in [-0.2, -0.15) is 0 Å². The number of benzene rings is 2. The molecule has 1 heteroatoms. The number of fused-ring (bicyclic) bond motifs is 1. The van der Waals surface area contributed by atoms with Crippen molar-refractivity contribution in [1.82, 2.24) is 4.98 Å². The van der Waals surface area contributed by atoms with Crippen molar-refractivity contribution in [3.63, 3.8) is 0 Å². The normalized spacial score (nSPS) is 14.0. The van der Waals surface area contributed by atoms with Gasteiger partial charge in [0.15, 0.2) is 0 Å². The minimum Gasteiger partial charge on any atom is -0.248 e. The second kappa shape index (κ2) is 4.02. The summed E-state index contributed by atoms with van der Waals surface area (Å²) < 4.78 is 22.4. The fourth-order valence-electron chi connectivity index (χ4n) is 1.89. The van der Waals surface area contributed by atoms with Gasteiger partial charge in [0, 0.05) is 15.1 Å². The first-order chi connectivity index (χ1) is 9.54. The first-order valence-corrected chi connectivity index (χ1v) is 5.51. The standard InChI is InChI=1S/C16H13N/c1-12-7-8-14-9-10-15(17-16(14)11-12)13-5-3-2-4-6-13/h2-11H,1H3/i1D3. The van der Waals surface area contributed by atoms with Crippen LogP contribution in [0.1, 0.15) is 9.68 Å². The monoisotopic (exact) mass is 222 g/mol. The third-order valence-electron chi connectivity index (χ3n) is 2.76. The molecule has 0 bridgehead atoms. The molecule has 3 rings (SSSR count). The van der Waals surface area contributed by atoms with Gasteiger partial charge in [-0.1, -0.05) is 48.5 Å². The number of pyridine rings is 1. The van der Waals surface area contributed by atoms with Crippen LogP contribution in [0.3, 0.4) is 0 Å². The molecule has 0 atom stereocenters. The summed E-state index contributed by atoms with van der Waals surface area (Å²) in [6, 6.07) is 18.9. The first kappa shape index (κ1) is 7.23. The van der Waals surface area contributed by atoms with E-state index >= 15 is 0 Å². The molecule has 2 aromatic carbocycles. The van der Waals surface area contributed by atoms with Gasteiger partial charge in [0.2, 0.25) is 0 Å². The summed E-state index contributed by atoms with van der Waals surface area (Å²) in [5.74, 6) is 0. The van der Waals surface area contributed by atoms with Gasteiger partial charge in [-0.3, -0.25) is 0 Å². The lowest BCUT2D eigenvalue weighted by atomic mass is 10.1. The molecule has 0 fully saturated rings. The lowest BCUT2D eigenvalue weighted by molar-refractivity contribution is 1.38. The molecule has 1 nitrogen and oxygen atoms in total. The summed E-state index contributed by atoms with van der Waals surface area (Å²) in [7, 11) is 0. The van der Waals surface area contributed by atoms with Crippen LogP contribution in [-0.4, -0.2) is 4.98 Å². The average molecular weight is 222 g/mol. The summed E-state index contributed by atoms with van der Waals surface area (Å²) in [5, 5.41) is 0.942. The highest BCUT2D eigenvalue weighted by Gasteiger charge is 2.00. The number of rotatable bonds is 1. The van der Waals surface area contributed by atoms with Crippen molar-refractivity contribution in [2.75, 3.05) is 0 Å². The predicted octanol–water partition coefficient (Wildman–Crippen LogP) is 4.21. The van der Waals surface area contributed by atoms with E-state index in [1.54, 1.807) is 18.2 Å². The van der Waals surface area contributed by atoms with Gasteiger partial charge in [-0.05, 0) is 24.5 Å². The fraction of sp³-hybridized carbons (Fsp3) is 0.0625. The Morgan fingerprint density at radius 2 is 1.76 bits per heavy atom. The summed E-state index contributed by atoms with van der Waals surface area (Å²) in [4.78, 5) is 4.57. The van der Waals surface area contributed by atoms with Gasteiger partial charge in [0.1, 0.15) is 0 Å². The molecule has 0 aliphatic rings. The molecule has 0 aliphatic carbocycles. The molecule has 0 N–H and O–H groups in total. The molecule has 82 valence electrons. The van der Waals surface area contributed by atoms with E-state index in [2.05, 4.69) is 4.98 Å². The Labute approximate surface area is 105 Å². The van der Waals surface area contributed by atoms with Crippen LogP contribution in [0.15, 0.2) is 60.7 Å². The SMILES string of the molecule is [2H]C([2H])([2H])c1ccc2ccc(-c3ccccc3)nc2c1. The number of aryl methyl sites for hydroxylation is 1. The van der Waals surface area contributed by atoms with Crippen molar-refractivity contribution in [3.05, 3.63) is 66.2 Å². The van der Waals surface area contributed by atoms with Crippen molar-refractivity contribution in [3.8, 4) is 11.3 Å². The zero-order valence-electron chi connectivity index (χ0n) is 12.2. The number of hydrogen-bond acceptors (Lipinski definition) is 1. The van der Waals surface area contributed by atoms with Crippen molar-refractivity contribution in [2.24, 2.45) is 0 Å². The highest BCUT2D eigenvalue weighted by atomic mass is 14.7. The predicted molar refractivity (Wildman–Crippen MR) is 71.9 cm³/mol. The molecular formula is C16H13N. The molecule has 17 heavy (non-hydrogen) atoms. The highest BCUT2D eigenvalue weighted by Crippen LogP contribution is 2.21. The Bertz CT molecular complexity index is 749. The summed E-state index contributed by atoms with van der Waals surface area (Å²) in [6.07, 6.45) is 0. The van der Waals surface area contributed by atoms with Gasteiger partial charge >= 0.3 is 0 Å². The lowest BCUT2D eigenvalue weighted by Gasteiger charge is -2.03. The van der Waals surface area contributed by atoms with Gasteiger partial charge in [0.25, 0.3) is 0 Å². The number of aromatic nitrogens is 1. The number of hydrogen-bond donors (Lipinski definition) is 0. The Hall–Kier alpha value is -2.15. The third kappa shape index (κ3) is 1.92. The Morgan fingerprint density at radius 3 is 2.59 bits per heavy atom. The van der Waals surface area contributed by atoms with E-state index in [0.717, 1.165) is 16.6 Å². The number of nitrogens with zero attached hydrogens (tertiary/aromatic N) is 1. The molecule has 0 spiro atoms. The molecule has 1 aromatic heterocycles. The molecule has 0 radical (unpaired) electrons. The summed E-state index contributed by atoms with van der Waals surface area (Å²) >= 11 is 0. The topological polar surface area (TPSA) is 12.9 Å². The molecule has 0 saturated heterocycles. The maximum atomic E-state index is 7.47. The van der Waals surface area contributed by atoms with Gasteiger partial charge in [-0.25, -0.2) is 4.98 Å². The smallest absolute Gasteiger partial charge is 0.0712 e. The van der Waals surface area contributed by atoms with Crippen LogP contribution in [0.2, 0.25) is 0 Å². The van der Waals surface area contributed by atoms with Crippen LogP contribution in [0.5, 0.6) is 0 Å². The van der Waals surface area contributed by atoms with E-state index in [9.17, 15) is 0 Å². The first-order valence-electron chi connectivity index (χ1n) is 7.01. The highest BCUT2D eigenvalue weighted by molar-refractivity contribution is 5.82. The Balaban J connectivity index is 2.14. The summed E-state index contributed by atoms with van der Waals surface area (Å²) in [6.45, 7) is -2.10. The van der Waals surface area contributed by atoms with Crippen LogP contribution in [0.25, 0.3) is 22.2 Å². The van der Waals surface area contributed by atoms with Gasteiger partial charge < -0.3 is 0 Å².